The Morgan fingerprint density at radius 1 is 1.20 bits per heavy atom. The third-order valence-electron chi connectivity index (χ3n) is 1.54. The molecule has 0 amide bonds. The molecule has 58 valence electrons. The molecule has 0 aliphatic rings. The van der Waals surface area contributed by atoms with E-state index in [1.807, 2.05) is 0 Å². The van der Waals surface area contributed by atoms with Crippen LogP contribution in [0.3, 0.4) is 0 Å². The lowest BCUT2D eigenvalue weighted by molar-refractivity contribution is 0.580. The molecule has 0 saturated carbocycles. The molecule has 0 rings (SSSR count). The largest absolute Gasteiger partial charge is 0.103 e. The predicted octanol–water partition coefficient (Wildman–Crippen LogP) is 3.08. The minimum atomic E-state index is 0.532. The summed E-state index contributed by atoms with van der Waals surface area (Å²) >= 11 is 0. The van der Waals surface area contributed by atoms with Crippen molar-refractivity contribution < 1.29 is 0 Å². The fraction of sp³-hybridized carbons (Fsp3) is 0.800. The Morgan fingerprint density at radius 3 is 2.20 bits per heavy atom. The molecule has 1 atom stereocenters. The monoisotopic (exact) mass is 138 g/mol. The molecule has 0 aromatic carbocycles. The zero-order valence-corrected chi connectivity index (χ0v) is 7.57. The van der Waals surface area contributed by atoms with Crippen molar-refractivity contribution >= 4 is 0 Å². The summed E-state index contributed by atoms with van der Waals surface area (Å²) in [6.45, 7) is 8.71. The quantitative estimate of drug-likeness (QED) is 0.514. The Bertz CT molecular complexity index is 123. The van der Waals surface area contributed by atoms with Crippen molar-refractivity contribution in [2.45, 2.75) is 40.5 Å². The summed E-state index contributed by atoms with van der Waals surface area (Å²) in [5, 5.41) is 0. The van der Waals surface area contributed by atoms with Crippen molar-refractivity contribution in [3.8, 4) is 11.8 Å². The van der Waals surface area contributed by atoms with Crippen LogP contribution in [-0.4, -0.2) is 0 Å². The Balaban J connectivity index is 3.45. The maximum atomic E-state index is 3.19. The van der Waals surface area contributed by atoms with Gasteiger partial charge in [-0.25, -0.2) is 0 Å². The lowest BCUT2D eigenvalue weighted by Gasteiger charge is -1.99. The second-order valence-electron chi connectivity index (χ2n) is 3.19. The standard InChI is InChI=1S/C10H18/c1-5-10(4)8-6-7-9(2)3/h9-10H,5,8H2,1-4H3. The maximum Gasteiger partial charge on any atom is 0.0146 e. The zero-order valence-electron chi connectivity index (χ0n) is 7.57. The van der Waals surface area contributed by atoms with Crippen LogP contribution in [-0.2, 0) is 0 Å². The Kier molecular flexibility index (Phi) is 5.12. The van der Waals surface area contributed by atoms with Crippen molar-refractivity contribution in [3.05, 3.63) is 0 Å². The summed E-state index contributed by atoms with van der Waals surface area (Å²) < 4.78 is 0. The highest BCUT2D eigenvalue weighted by Gasteiger charge is 1.92. The SMILES string of the molecule is CCC(C)CC#CC(C)C. The second-order valence-corrected chi connectivity index (χ2v) is 3.19. The maximum absolute atomic E-state index is 3.19. The van der Waals surface area contributed by atoms with E-state index >= 15 is 0 Å². The average molecular weight is 138 g/mol. The summed E-state index contributed by atoms with van der Waals surface area (Å²) in [7, 11) is 0. The lowest BCUT2D eigenvalue weighted by Crippen LogP contribution is -1.89. The van der Waals surface area contributed by atoms with Gasteiger partial charge in [0.1, 0.15) is 0 Å². The van der Waals surface area contributed by atoms with E-state index < -0.39 is 0 Å². The predicted molar refractivity (Wildman–Crippen MR) is 46.7 cm³/mol. The Hall–Kier alpha value is -0.440. The van der Waals surface area contributed by atoms with E-state index in [2.05, 4.69) is 39.5 Å². The molecule has 0 nitrogen and oxygen atoms in total. The first-order valence-corrected chi connectivity index (χ1v) is 4.15. The van der Waals surface area contributed by atoms with Gasteiger partial charge in [0, 0.05) is 12.3 Å². The molecule has 0 fully saturated rings. The van der Waals surface area contributed by atoms with E-state index in [0.29, 0.717) is 5.92 Å². The van der Waals surface area contributed by atoms with Crippen LogP contribution in [0.15, 0.2) is 0 Å². The molecule has 0 aromatic heterocycles. The minimum Gasteiger partial charge on any atom is -0.103 e. The molecule has 0 N–H and O–H groups in total. The van der Waals surface area contributed by atoms with E-state index in [9.17, 15) is 0 Å². The zero-order chi connectivity index (χ0) is 7.98. The molecule has 0 radical (unpaired) electrons. The van der Waals surface area contributed by atoms with E-state index in [0.717, 1.165) is 12.3 Å². The highest BCUT2D eigenvalue weighted by Crippen LogP contribution is 2.04. The van der Waals surface area contributed by atoms with E-state index in [-0.39, 0.29) is 0 Å². The molecule has 0 aliphatic heterocycles. The van der Waals surface area contributed by atoms with E-state index in [1.165, 1.54) is 6.42 Å². The molecule has 10 heavy (non-hydrogen) atoms. The van der Waals surface area contributed by atoms with Crippen molar-refractivity contribution in [2.24, 2.45) is 11.8 Å². The van der Waals surface area contributed by atoms with Gasteiger partial charge in [-0.1, -0.05) is 34.1 Å². The molecule has 0 aliphatic carbocycles. The molecule has 0 aromatic rings. The second kappa shape index (κ2) is 5.35. The summed E-state index contributed by atoms with van der Waals surface area (Å²) in [6.07, 6.45) is 2.31. The van der Waals surface area contributed by atoms with Crippen LogP contribution in [0.5, 0.6) is 0 Å². The van der Waals surface area contributed by atoms with Crippen molar-refractivity contribution in [1.82, 2.24) is 0 Å². The third kappa shape index (κ3) is 5.69. The van der Waals surface area contributed by atoms with Gasteiger partial charge in [0.15, 0.2) is 0 Å². The van der Waals surface area contributed by atoms with Gasteiger partial charge >= 0.3 is 0 Å². The first kappa shape index (κ1) is 9.56. The van der Waals surface area contributed by atoms with Gasteiger partial charge in [0.05, 0.1) is 0 Å². The van der Waals surface area contributed by atoms with Gasteiger partial charge in [-0.2, -0.15) is 0 Å². The topological polar surface area (TPSA) is 0 Å². The fourth-order valence-electron chi connectivity index (χ4n) is 0.582. The van der Waals surface area contributed by atoms with E-state index in [4.69, 9.17) is 0 Å². The summed E-state index contributed by atoms with van der Waals surface area (Å²) in [4.78, 5) is 0. The molecule has 1 unspecified atom stereocenters. The smallest absolute Gasteiger partial charge is 0.0146 e. The molecule has 0 bridgehead atoms. The molecular weight excluding hydrogens is 120 g/mol. The van der Waals surface area contributed by atoms with Gasteiger partial charge in [0.2, 0.25) is 0 Å². The van der Waals surface area contributed by atoms with Crippen LogP contribution in [0, 0.1) is 23.7 Å². The molecule has 0 saturated heterocycles. The van der Waals surface area contributed by atoms with Crippen LogP contribution >= 0.6 is 0 Å². The van der Waals surface area contributed by atoms with Crippen molar-refractivity contribution in [1.29, 1.82) is 0 Å². The lowest BCUT2D eigenvalue weighted by atomic mass is 10.1. The first-order valence-electron chi connectivity index (χ1n) is 4.15. The number of hydrogen-bond acceptors (Lipinski definition) is 0. The van der Waals surface area contributed by atoms with Crippen LogP contribution in [0.4, 0.5) is 0 Å². The molecule has 0 heteroatoms. The average Bonchev–Trinajstić information content (AvgIpc) is 1.87. The van der Waals surface area contributed by atoms with Gasteiger partial charge < -0.3 is 0 Å². The Labute approximate surface area is 65.0 Å². The van der Waals surface area contributed by atoms with Gasteiger partial charge in [-0.05, 0) is 5.92 Å². The summed E-state index contributed by atoms with van der Waals surface area (Å²) in [6, 6.07) is 0. The summed E-state index contributed by atoms with van der Waals surface area (Å²) in [5.41, 5.74) is 0. The Morgan fingerprint density at radius 2 is 1.80 bits per heavy atom. The highest BCUT2D eigenvalue weighted by molar-refractivity contribution is 5.01. The van der Waals surface area contributed by atoms with E-state index in [1.54, 1.807) is 0 Å². The first-order chi connectivity index (χ1) is 4.66. The highest BCUT2D eigenvalue weighted by atomic mass is 14.0. The van der Waals surface area contributed by atoms with Crippen LogP contribution in [0.1, 0.15) is 40.5 Å². The number of rotatable bonds is 2. The molecular formula is C10H18. The molecule has 0 heterocycles. The normalized spacial score (nSPS) is 12.5. The van der Waals surface area contributed by atoms with Gasteiger partial charge in [0.25, 0.3) is 0 Å². The van der Waals surface area contributed by atoms with Crippen molar-refractivity contribution in [3.63, 3.8) is 0 Å². The van der Waals surface area contributed by atoms with Gasteiger partial charge in [-0.3, -0.25) is 0 Å². The minimum absolute atomic E-state index is 0.532. The van der Waals surface area contributed by atoms with Crippen molar-refractivity contribution in [2.75, 3.05) is 0 Å². The fourth-order valence-corrected chi connectivity index (χ4v) is 0.582. The summed E-state index contributed by atoms with van der Waals surface area (Å²) in [5.74, 6) is 7.65. The van der Waals surface area contributed by atoms with Crippen LogP contribution in [0.2, 0.25) is 0 Å². The van der Waals surface area contributed by atoms with Crippen LogP contribution < -0.4 is 0 Å². The van der Waals surface area contributed by atoms with Crippen LogP contribution in [0.25, 0.3) is 0 Å². The third-order valence-corrected chi connectivity index (χ3v) is 1.54. The molecule has 0 spiro atoms. The van der Waals surface area contributed by atoms with Gasteiger partial charge in [-0.15, -0.1) is 11.8 Å². The number of hydrogen-bond donors (Lipinski definition) is 0.